The van der Waals surface area contributed by atoms with Gasteiger partial charge in [0.05, 0.1) is 24.4 Å². The molecular weight excluding hydrogens is 402 g/mol. The maximum atomic E-state index is 13.3. The third kappa shape index (κ3) is 3.69. The average Bonchev–Trinajstić information content (AvgIpc) is 2.73. The number of anilines is 1. The number of halogens is 1. The Balaban J connectivity index is 1.78. The van der Waals surface area contributed by atoms with E-state index < -0.39 is 6.04 Å². The summed E-state index contributed by atoms with van der Waals surface area (Å²) in [5.41, 5.74) is 2.18. The van der Waals surface area contributed by atoms with E-state index in [1.165, 1.54) is 7.11 Å². The van der Waals surface area contributed by atoms with Crippen LogP contribution in [-0.4, -0.2) is 19.0 Å². The standard InChI is InChI=1S/C23H20ClN3O3/c1-13-20(22(28)26-18-12-15(24)10-11-19(18)30-2)21(27-23(29)25-13)17-9-5-7-14-6-3-4-8-16(14)17/h3-12,21H,1-2H3,(H,26,28)(H2,25,27,29)/t21-/m0/s1. The molecule has 0 bridgehead atoms. The zero-order valence-corrected chi connectivity index (χ0v) is 17.2. The van der Waals surface area contributed by atoms with Gasteiger partial charge < -0.3 is 20.7 Å². The van der Waals surface area contributed by atoms with Crippen LogP contribution >= 0.6 is 11.6 Å². The summed E-state index contributed by atoms with van der Waals surface area (Å²) in [6, 6.07) is 17.7. The largest absolute Gasteiger partial charge is 0.495 e. The number of nitrogens with one attached hydrogen (secondary N) is 3. The monoisotopic (exact) mass is 421 g/mol. The van der Waals surface area contributed by atoms with Crippen LogP contribution in [0.15, 0.2) is 71.9 Å². The average molecular weight is 422 g/mol. The quantitative estimate of drug-likeness (QED) is 0.567. The fourth-order valence-electron chi connectivity index (χ4n) is 3.70. The molecule has 4 rings (SSSR count). The van der Waals surface area contributed by atoms with Crippen LogP contribution < -0.4 is 20.7 Å². The first kappa shape index (κ1) is 19.8. The van der Waals surface area contributed by atoms with Crippen molar-refractivity contribution in [3.63, 3.8) is 0 Å². The predicted octanol–water partition coefficient (Wildman–Crippen LogP) is 4.77. The van der Waals surface area contributed by atoms with Crippen molar-refractivity contribution in [3.05, 3.63) is 82.5 Å². The molecule has 0 aliphatic carbocycles. The van der Waals surface area contributed by atoms with Gasteiger partial charge in [0.1, 0.15) is 5.75 Å². The molecule has 1 aliphatic rings. The van der Waals surface area contributed by atoms with Gasteiger partial charge in [-0.2, -0.15) is 0 Å². The Labute approximate surface area is 178 Å². The van der Waals surface area contributed by atoms with Crippen LogP contribution in [0.25, 0.3) is 10.8 Å². The Bertz CT molecular complexity index is 1180. The summed E-state index contributed by atoms with van der Waals surface area (Å²) in [5, 5.41) is 10.9. The lowest BCUT2D eigenvalue weighted by Gasteiger charge is -2.29. The fourth-order valence-corrected chi connectivity index (χ4v) is 3.87. The molecule has 0 aromatic heterocycles. The topological polar surface area (TPSA) is 79.5 Å². The molecule has 3 aromatic carbocycles. The lowest BCUT2D eigenvalue weighted by atomic mass is 9.91. The van der Waals surface area contributed by atoms with Gasteiger partial charge in [-0.25, -0.2) is 4.79 Å². The van der Waals surface area contributed by atoms with Crippen LogP contribution in [0.2, 0.25) is 5.02 Å². The van der Waals surface area contributed by atoms with Crippen molar-refractivity contribution in [2.75, 3.05) is 12.4 Å². The molecule has 7 heteroatoms. The predicted molar refractivity (Wildman–Crippen MR) is 118 cm³/mol. The zero-order valence-electron chi connectivity index (χ0n) is 16.5. The van der Waals surface area contributed by atoms with Crippen molar-refractivity contribution in [2.24, 2.45) is 0 Å². The lowest BCUT2D eigenvalue weighted by molar-refractivity contribution is -0.113. The highest BCUT2D eigenvalue weighted by Gasteiger charge is 2.32. The van der Waals surface area contributed by atoms with Crippen molar-refractivity contribution in [1.82, 2.24) is 10.6 Å². The highest BCUT2D eigenvalue weighted by Crippen LogP contribution is 2.34. The number of urea groups is 1. The molecule has 0 saturated heterocycles. The number of hydrogen-bond donors (Lipinski definition) is 3. The number of hydrogen-bond acceptors (Lipinski definition) is 3. The molecule has 1 aliphatic heterocycles. The van der Waals surface area contributed by atoms with E-state index in [0.29, 0.717) is 27.7 Å². The Morgan fingerprint density at radius 1 is 1.10 bits per heavy atom. The SMILES string of the molecule is COc1ccc(Cl)cc1NC(=O)C1=C(C)NC(=O)N[C@H]1c1cccc2ccccc12. The van der Waals surface area contributed by atoms with Gasteiger partial charge in [0.25, 0.3) is 5.91 Å². The maximum Gasteiger partial charge on any atom is 0.319 e. The van der Waals surface area contributed by atoms with Crippen LogP contribution in [0.3, 0.4) is 0 Å². The number of ether oxygens (including phenoxy) is 1. The second-order valence-electron chi connectivity index (χ2n) is 6.94. The second kappa shape index (κ2) is 8.08. The minimum absolute atomic E-state index is 0.359. The van der Waals surface area contributed by atoms with E-state index >= 15 is 0 Å². The molecule has 1 atom stereocenters. The second-order valence-corrected chi connectivity index (χ2v) is 7.37. The molecule has 3 aromatic rings. The third-order valence-corrected chi connectivity index (χ3v) is 5.29. The summed E-state index contributed by atoms with van der Waals surface area (Å²) in [6.07, 6.45) is 0. The van der Waals surface area contributed by atoms with Crippen LogP contribution in [0.4, 0.5) is 10.5 Å². The maximum absolute atomic E-state index is 13.3. The van der Waals surface area contributed by atoms with Gasteiger partial charge in [0.15, 0.2) is 0 Å². The Kier molecular flexibility index (Phi) is 5.33. The summed E-state index contributed by atoms with van der Waals surface area (Å²) in [4.78, 5) is 25.6. The molecule has 30 heavy (non-hydrogen) atoms. The molecule has 0 saturated carbocycles. The molecule has 0 spiro atoms. The van der Waals surface area contributed by atoms with E-state index in [-0.39, 0.29) is 11.9 Å². The highest BCUT2D eigenvalue weighted by molar-refractivity contribution is 6.31. The van der Waals surface area contributed by atoms with Gasteiger partial charge in [0.2, 0.25) is 0 Å². The Morgan fingerprint density at radius 2 is 1.87 bits per heavy atom. The summed E-state index contributed by atoms with van der Waals surface area (Å²) >= 11 is 6.09. The highest BCUT2D eigenvalue weighted by atomic mass is 35.5. The number of benzene rings is 3. The lowest BCUT2D eigenvalue weighted by Crippen LogP contribution is -2.46. The van der Waals surface area contributed by atoms with Crippen LogP contribution in [0, 0.1) is 0 Å². The summed E-state index contributed by atoms with van der Waals surface area (Å²) in [6.45, 7) is 1.71. The number of carbonyl (C=O) groups is 2. The van der Waals surface area contributed by atoms with Crippen molar-refractivity contribution in [2.45, 2.75) is 13.0 Å². The minimum atomic E-state index is -0.616. The Hall–Kier alpha value is -3.51. The van der Waals surface area contributed by atoms with Gasteiger partial charge in [-0.05, 0) is 41.5 Å². The van der Waals surface area contributed by atoms with Crippen LogP contribution in [0.1, 0.15) is 18.5 Å². The van der Waals surface area contributed by atoms with Gasteiger partial charge in [-0.1, -0.05) is 54.1 Å². The van der Waals surface area contributed by atoms with Gasteiger partial charge in [-0.15, -0.1) is 0 Å². The Morgan fingerprint density at radius 3 is 2.67 bits per heavy atom. The van der Waals surface area contributed by atoms with E-state index in [1.54, 1.807) is 25.1 Å². The first-order chi connectivity index (χ1) is 14.5. The van der Waals surface area contributed by atoms with E-state index in [1.807, 2.05) is 42.5 Å². The number of allylic oxidation sites excluding steroid dienone is 1. The minimum Gasteiger partial charge on any atom is -0.495 e. The van der Waals surface area contributed by atoms with E-state index in [4.69, 9.17) is 16.3 Å². The molecule has 3 amide bonds. The van der Waals surface area contributed by atoms with Crippen molar-refractivity contribution in [1.29, 1.82) is 0 Å². The van der Waals surface area contributed by atoms with Gasteiger partial charge >= 0.3 is 6.03 Å². The number of rotatable bonds is 4. The van der Waals surface area contributed by atoms with Crippen molar-refractivity contribution >= 4 is 40.0 Å². The fraction of sp³-hybridized carbons (Fsp3) is 0.130. The number of carbonyl (C=O) groups excluding carboxylic acids is 2. The van der Waals surface area contributed by atoms with Crippen LogP contribution in [0.5, 0.6) is 5.75 Å². The van der Waals surface area contributed by atoms with Crippen LogP contribution in [-0.2, 0) is 4.79 Å². The van der Waals surface area contributed by atoms with Gasteiger partial charge in [-0.3, -0.25) is 4.79 Å². The molecule has 0 unspecified atom stereocenters. The molecule has 6 nitrogen and oxygen atoms in total. The molecule has 152 valence electrons. The summed E-state index contributed by atoms with van der Waals surface area (Å²) in [7, 11) is 1.52. The molecule has 1 heterocycles. The van der Waals surface area contributed by atoms with E-state index in [2.05, 4.69) is 16.0 Å². The first-order valence-corrected chi connectivity index (χ1v) is 9.76. The number of methoxy groups -OCH3 is 1. The van der Waals surface area contributed by atoms with E-state index in [0.717, 1.165) is 16.3 Å². The smallest absolute Gasteiger partial charge is 0.319 e. The molecule has 3 N–H and O–H groups in total. The zero-order chi connectivity index (χ0) is 21.3. The van der Waals surface area contributed by atoms with Crippen molar-refractivity contribution < 1.29 is 14.3 Å². The summed E-state index contributed by atoms with van der Waals surface area (Å²) in [5.74, 6) is 0.124. The molecular formula is C23H20ClN3O3. The number of amides is 3. The van der Waals surface area contributed by atoms with Crippen molar-refractivity contribution in [3.8, 4) is 5.75 Å². The first-order valence-electron chi connectivity index (χ1n) is 9.39. The summed E-state index contributed by atoms with van der Waals surface area (Å²) < 4.78 is 5.33. The normalized spacial score (nSPS) is 16.1. The van der Waals surface area contributed by atoms with E-state index in [9.17, 15) is 9.59 Å². The third-order valence-electron chi connectivity index (χ3n) is 5.06. The molecule has 0 radical (unpaired) electrons. The van der Waals surface area contributed by atoms with Gasteiger partial charge in [0, 0.05) is 10.7 Å². The molecule has 0 fully saturated rings. The number of fused-ring (bicyclic) bond motifs is 1.